The Balaban J connectivity index is 1.52. The summed E-state index contributed by atoms with van der Waals surface area (Å²) in [7, 11) is 3.44. The van der Waals surface area contributed by atoms with Gasteiger partial charge in [0.1, 0.15) is 17.4 Å². The van der Waals surface area contributed by atoms with E-state index in [0.717, 1.165) is 73.0 Å². The van der Waals surface area contributed by atoms with E-state index in [4.69, 9.17) is 20.2 Å². The maximum atomic E-state index is 13.7. The van der Waals surface area contributed by atoms with E-state index in [1.54, 1.807) is 32.5 Å². The molecule has 2 aromatic carbocycles. The first kappa shape index (κ1) is 25.8. The molecule has 5 rings (SSSR count). The lowest BCUT2D eigenvalue weighted by molar-refractivity contribution is 0.160. The highest BCUT2D eigenvalue weighted by Crippen LogP contribution is 2.39. The number of nitrogens with zero attached hydrogens (tertiary/aromatic N) is 5. The first-order chi connectivity index (χ1) is 18.6. The van der Waals surface area contributed by atoms with E-state index in [0.29, 0.717) is 12.3 Å². The molecule has 1 atom stereocenters. The summed E-state index contributed by atoms with van der Waals surface area (Å²) in [5.74, 6) is 1.80. The van der Waals surface area contributed by atoms with E-state index in [1.165, 1.54) is 12.1 Å². The van der Waals surface area contributed by atoms with Gasteiger partial charge < -0.3 is 19.8 Å². The van der Waals surface area contributed by atoms with Crippen LogP contribution in [0.4, 0.5) is 10.3 Å². The summed E-state index contributed by atoms with van der Waals surface area (Å²) in [6, 6.07) is 16.6. The average molecular weight is 517 g/mol. The number of ether oxygens (including phenoxy) is 2. The van der Waals surface area contributed by atoms with Crippen LogP contribution in [0.1, 0.15) is 30.3 Å². The normalized spacial score (nSPS) is 14.7. The highest BCUT2D eigenvalue weighted by molar-refractivity contribution is 5.78. The highest BCUT2D eigenvalue weighted by atomic mass is 19.1. The van der Waals surface area contributed by atoms with E-state index in [1.807, 2.05) is 24.3 Å². The molecular formula is C29H33FN6O2. The zero-order valence-corrected chi connectivity index (χ0v) is 21.8. The Bertz CT molecular complexity index is 1370. The van der Waals surface area contributed by atoms with Crippen molar-refractivity contribution in [2.75, 3.05) is 39.6 Å². The standard InChI is InChI=1S/C29H33FN6O2/c1-37-17-5-16-35(18-21-6-3-4-7-25(21)38-2)19-23-12-13-26-34-27(20-8-10-22(30)11-9-20)28(36(23)26)24-14-15-32-29(31)33-24/h3-4,6-11,14-15,23H,5,12-13,16-19H2,1-2H3,(H2,31,32,33)/t23-/m0/s1. The average Bonchev–Trinajstić information content (AvgIpc) is 3.49. The molecule has 0 radical (unpaired) electrons. The van der Waals surface area contributed by atoms with Gasteiger partial charge in [0.05, 0.1) is 24.2 Å². The number of fused-ring (bicyclic) bond motifs is 1. The summed E-state index contributed by atoms with van der Waals surface area (Å²) in [5, 5.41) is 0. The van der Waals surface area contributed by atoms with E-state index in [-0.39, 0.29) is 17.8 Å². The fourth-order valence-electron chi connectivity index (χ4n) is 5.25. The minimum Gasteiger partial charge on any atom is -0.496 e. The van der Waals surface area contributed by atoms with Gasteiger partial charge >= 0.3 is 0 Å². The Hall–Kier alpha value is -3.82. The molecule has 2 N–H and O–H groups in total. The van der Waals surface area contributed by atoms with Gasteiger partial charge in [-0.3, -0.25) is 4.90 Å². The maximum Gasteiger partial charge on any atom is 0.220 e. The number of aryl methyl sites for hydroxylation is 1. The molecular weight excluding hydrogens is 483 g/mol. The Morgan fingerprint density at radius 3 is 2.66 bits per heavy atom. The molecule has 3 heterocycles. The van der Waals surface area contributed by atoms with Crippen molar-refractivity contribution in [3.05, 3.63) is 78.0 Å². The molecule has 0 fully saturated rings. The van der Waals surface area contributed by atoms with Crippen LogP contribution < -0.4 is 10.5 Å². The lowest BCUT2D eigenvalue weighted by atomic mass is 10.1. The third kappa shape index (κ3) is 5.54. The van der Waals surface area contributed by atoms with Crippen LogP contribution in [-0.4, -0.2) is 58.3 Å². The zero-order chi connectivity index (χ0) is 26.5. The Morgan fingerprint density at radius 2 is 1.89 bits per heavy atom. The molecule has 1 aliphatic rings. The van der Waals surface area contributed by atoms with Crippen LogP contribution in [0, 0.1) is 5.82 Å². The summed E-state index contributed by atoms with van der Waals surface area (Å²) in [4.78, 5) is 16.1. The van der Waals surface area contributed by atoms with Crippen molar-refractivity contribution in [2.24, 2.45) is 0 Å². The maximum absolute atomic E-state index is 13.7. The van der Waals surface area contributed by atoms with Crippen LogP contribution in [0.2, 0.25) is 0 Å². The fourth-order valence-corrected chi connectivity index (χ4v) is 5.25. The molecule has 1 aliphatic heterocycles. The van der Waals surface area contributed by atoms with E-state index in [2.05, 4.69) is 25.5 Å². The van der Waals surface area contributed by atoms with Crippen molar-refractivity contribution in [2.45, 2.75) is 31.8 Å². The van der Waals surface area contributed by atoms with Gasteiger partial charge in [0, 0.05) is 63.1 Å². The lowest BCUT2D eigenvalue weighted by Crippen LogP contribution is -2.31. The number of para-hydroxylation sites is 1. The number of methoxy groups -OCH3 is 2. The quantitative estimate of drug-likeness (QED) is 0.287. The predicted octanol–water partition coefficient (Wildman–Crippen LogP) is 4.76. The number of rotatable bonds is 11. The first-order valence-electron chi connectivity index (χ1n) is 12.9. The van der Waals surface area contributed by atoms with Crippen molar-refractivity contribution >= 4 is 5.95 Å². The van der Waals surface area contributed by atoms with Crippen LogP contribution in [0.3, 0.4) is 0 Å². The molecule has 0 amide bonds. The van der Waals surface area contributed by atoms with Crippen molar-refractivity contribution in [3.8, 4) is 28.4 Å². The Labute approximate surface area is 222 Å². The fraction of sp³-hybridized carbons (Fsp3) is 0.345. The molecule has 9 heteroatoms. The molecule has 0 saturated carbocycles. The number of halogens is 1. The first-order valence-corrected chi connectivity index (χ1v) is 12.9. The SMILES string of the molecule is COCCCN(Cc1ccccc1OC)C[C@@H]1CCc2nc(-c3ccc(F)cc3)c(-c3ccnc(N)n3)n21. The van der Waals surface area contributed by atoms with E-state index >= 15 is 0 Å². The van der Waals surface area contributed by atoms with Gasteiger partial charge in [-0.2, -0.15) is 0 Å². The second-order valence-corrected chi connectivity index (χ2v) is 9.49. The number of nitrogens with two attached hydrogens (primary N) is 1. The third-order valence-corrected chi connectivity index (χ3v) is 6.96. The minimum absolute atomic E-state index is 0.176. The molecule has 0 spiro atoms. The van der Waals surface area contributed by atoms with Gasteiger partial charge in [-0.05, 0) is 49.2 Å². The molecule has 38 heavy (non-hydrogen) atoms. The number of imidazole rings is 1. The van der Waals surface area contributed by atoms with Crippen LogP contribution >= 0.6 is 0 Å². The number of anilines is 1. The topological polar surface area (TPSA) is 91.3 Å². The smallest absolute Gasteiger partial charge is 0.220 e. The van der Waals surface area contributed by atoms with Crippen LogP contribution in [0.15, 0.2) is 60.8 Å². The Morgan fingerprint density at radius 1 is 1.08 bits per heavy atom. The summed E-state index contributed by atoms with van der Waals surface area (Å²) < 4.78 is 27.0. The molecule has 0 saturated heterocycles. The predicted molar refractivity (Wildman–Crippen MR) is 145 cm³/mol. The minimum atomic E-state index is -0.283. The third-order valence-electron chi connectivity index (χ3n) is 6.96. The molecule has 8 nitrogen and oxygen atoms in total. The zero-order valence-electron chi connectivity index (χ0n) is 21.8. The summed E-state index contributed by atoms with van der Waals surface area (Å²) in [6.45, 7) is 3.16. The molecule has 2 aromatic heterocycles. The Kier molecular flexibility index (Phi) is 7.95. The van der Waals surface area contributed by atoms with Gasteiger partial charge in [-0.25, -0.2) is 19.3 Å². The monoisotopic (exact) mass is 516 g/mol. The van der Waals surface area contributed by atoms with Crippen LogP contribution in [0.5, 0.6) is 5.75 Å². The van der Waals surface area contributed by atoms with Gasteiger partial charge in [0.2, 0.25) is 5.95 Å². The lowest BCUT2D eigenvalue weighted by Gasteiger charge is -2.28. The van der Waals surface area contributed by atoms with E-state index in [9.17, 15) is 4.39 Å². The van der Waals surface area contributed by atoms with E-state index < -0.39 is 0 Å². The molecule has 198 valence electrons. The summed E-state index contributed by atoms with van der Waals surface area (Å²) >= 11 is 0. The van der Waals surface area contributed by atoms with Crippen LogP contribution in [-0.2, 0) is 17.7 Å². The molecule has 4 aromatic rings. The number of hydrogen-bond donors (Lipinski definition) is 1. The van der Waals surface area contributed by atoms with Gasteiger partial charge in [0.25, 0.3) is 0 Å². The summed E-state index contributed by atoms with van der Waals surface area (Å²) in [5.41, 5.74) is 10.3. The highest BCUT2D eigenvalue weighted by Gasteiger charge is 2.32. The number of benzene rings is 2. The van der Waals surface area contributed by atoms with Crippen molar-refractivity contribution in [1.82, 2.24) is 24.4 Å². The second kappa shape index (κ2) is 11.7. The van der Waals surface area contributed by atoms with Crippen LogP contribution in [0.25, 0.3) is 22.6 Å². The van der Waals surface area contributed by atoms with Gasteiger partial charge in [-0.15, -0.1) is 0 Å². The van der Waals surface area contributed by atoms with Crippen molar-refractivity contribution in [1.29, 1.82) is 0 Å². The molecule has 0 aliphatic carbocycles. The number of aromatic nitrogens is 4. The van der Waals surface area contributed by atoms with Gasteiger partial charge in [0.15, 0.2) is 0 Å². The van der Waals surface area contributed by atoms with Crippen molar-refractivity contribution < 1.29 is 13.9 Å². The molecule has 0 unspecified atom stereocenters. The second-order valence-electron chi connectivity index (χ2n) is 9.49. The number of nitrogen functional groups attached to an aromatic ring is 1. The van der Waals surface area contributed by atoms with Crippen molar-refractivity contribution in [3.63, 3.8) is 0 Å². The van der Waals surface area contributed by atoms with Gasteiger partial charge in [-0.1, -0.05) is 18.2 Å². The summed E-state index contributed by atoms with van der Waals surface area (Å²) in [6.07, 6.45) is 4.40. The number of hydrogen-bond acceptors (Lipinski definition) is 7. The molecule has 0 bridgehead atoms. The largest absolute Gasteiger partial charge is 0.496 e.